The number of nitrogens with two attached hydrogens (primary N) is 1. The number of aromatic nitrogens is 2. The van der Waals surface area contributed by atoms with Crippen LogP contribution in [0.4, 0.5) is 0 Å². The van der Waals surface area contributed by atoms with E-state index in [9.17, 15) is 21.6 Å². The van der Waals surface area contributed by atoms with Crippen molar-refractivity contribution in [1.82, 2.24) is 24.5 Å². The van der Waals surface area contributed by atoms with E-state index in [4.69, 9.17) is 16.7 Å². The molecule has 1 fully saturated rings. The van der Waals surface area contributed by atoms with Crippen molar-refractivity contribution in [2.24, 2.45) is 5.14 Å². The summed E-state index contributed by atoms with van der Waals surface area (Å²) in [6, 6.07) is 5.74. The van der Waals surface area contributed by atoms with Crippen molar-refractivity contribution >= 4 is 59.8 Å². The van der Waals surface area contributed by atoms with Gasteiger partial charge in [-0.3, -0.25) is 4.79 Å². The van der Waals surface area contributed by atoms with Crippen molar-refractivity contribution < 1.29 is 21.6 Å². The topological polar surface area (TPSA) is 159 Å². The van der Waals surface area contributed by atoms with Crippen molar-refractivity contribution in [2.75, 3.05) is 25.4 Å². The molecule has 0 aliphatic carbocycles. The summed E-state index contributed by atoms with van der Waals surface area (Å²) in [5, 5.41) is 9.97. The molecule has 2 unspecified atom stereocenters. The van der Waals surface area contributed by atoms with Gasteiger partial charge >= 0.3 is 0 Å². The number of sulfonamides is 2. The maximum absolute atomic E-state index is 13.4. The first-order valence-electron chi connectivity index (χ1n) is 11.2. The molecule has 4 N–H and O–H groups in total. The van der Waals surface area contributed by atoms with Gasteiger partial charge in [0.05, 0.1) is 17.5 Å². The van der Waals surface area contributed by atoms with E-state index >= 15 is 0 Å². The number of carbonyl (C=O) groups excluding carboxylic acids is 1. The summed E-state index contributed by atoms with van der Waals surface area (Å²) in [7, 11) is -8.01. The predicted molar refractivity (Wildman–Crippen MR) is 137 cm³/mol. The fraction of sp³-hybridized carbons (Fsp3) is 0.429. The Morgan fingerprint density at radius 1 is 1.25 bits per heavy atom. The summed E-state index contributed by atoms with van der Waals surface area (Å²) in [5.41, 5.74) is 1.46. The second-order valence-corrected chi connectivity index (χ2v) is 14.2. The molecule has 5 rings (SSSR count). The van der Waals surface area contributed by atoms with Gasteiger partial charge < -0.3 is 15.2 Å². The minimum absolute atomic E-state index is 0.00318. The number of fused-ring (bicyclic) bond motifs is 2. The summed E-state index contributed by atoms with van der Waals surface area (Å²) >= 11 is 7.29. The number of nitrogens with one attached hydrogen (secondary N) is 2. The number of nitrogens with zero attached hydrogens (tertiary/aromatic N) is 3. The number of halogens is 1. The fourth-order valence-electron chi connectivity index (χ4n) is 4.60. The van der Waals surface area contributed by atoms with E-state index in [1.54, 1.807) is 18.2 Å². The standard InChI is InChI=1S/C21H25ClN6O5S3/c1-12-6-17-18(9-24-12)34-20(26-17)21(29)28-5-4-27(10-15(28)11-35(23,30)31)36(32,33)19-8-13-7-14(22)2-3-16(13)25-19/h2-3,7-8,12,15,24-25H,4-6,9-11H2,1H3,(H2,23,30,31). The maximum atomic E-state index is 13.4. The lowest BCUT2D eigenvalue weighted by molar-refractivity contribution is 0.0595. The molecular weight excluding hydrogens is 548 g/mol. The normalized spacial score (nSPS) is 21.6. The summed E-state index contributed by atoms with van der Waals surface area (Å²) in [5.74, 6) is -0.996. The van der Waals surface area contributed by atoms with Gasteiger partial charge in [0.15, 0.2) is 5.01 Å². The highest BCUT2D eigenvalue weighted by atomic mass is 35.5. The first-order chi connectivity index (χ1) is 16.9. The smallest absolute Gasteiger partial charge is 0.283 e. The molecule has 1 saturated heterocycles. The van der Waals surface area contributed by atoms with Crippen LogP contribution in [-0.4, -0.2) is 79.4 Å². The van der Waals surface area contributed by atoms with E-state index in [1.165, 1.54) is 26.6 Å². The number of hydrogen-bond acceptors (Lipinski definition) is 8. The number of aromatic amines is 1. The third-order valence-electron chi connectivity index (χ3n) is 6.38. The lowest BCUT2D eigenvalue weighted by atomic mass is 10.1. The van der Waals surface area contributed by atoms with E-state index in [0.717, 1.165) is 10.6 Å². The van der Waals surface area contributed by atoms with Crippen molar-refractivity contribution in [1.29, 1.82) is 0 Å². The largest absolute Gasteiger partial charge is 0.345 e. The Hall–Kier alpha value is -2.07. The van der Waals surface area contributed by atoms with Gasteiger partial charge in [0.1, 0.15) is 5.03 Å². The fourth-order valence-corrected chi connectivity index (χ4v) is 8.08. The zero-order chi connectivity index (χ0) is 25.8. The zero-order valence-corrected chi connectivity index (χ0v) is 22.5. The first kappa shape index (κ1) is 25.6. The number of amides is 1. The molecule has 2 atom stereocenters. The van der Waals surface area contributed by atoms with Gasteiger partial charge in [-0.1, -0.05) is 11.6 Å². The van der Waals surface area contributed by atoms with Crippen LogP contribution >= 0.6 is 22.9 Å². The molecule has 0 bridgehead atoms. The summed E-state index contributed by atoms with van der Waals surface area (Å²) < 4.78 is 52.0. The number of benzene rings is 1. The third kappa shape index (κ3) is 5.03. The highest BCUT2D eigenvalue weighted by Gasteiger charge is 2.40. The Morgan fingerprint density at radius 2 is 2.03 bits per heavy atom. The van der Waals surface area contributed by atoms with Crippen LogP contribution < -0.4 is 10.5 Å². The Labute approximate surface area is 217 Å². The molecule has 1 amide bonds. The van der Waals surface area contributed by atoms with Crippen molar-refractivity contribution in [2.45, 2.75) is 37.0 Å². The van der Waals surface area contributed by atoms with Crippen molar-refractivity contribution in [3.8, 4) is 0 Å². The van der Waals surface area contributed by atoms with Gasteiger partial charge in [-0.15, -0.1) is 11.3 Å². The van der Waals surface area contributed by atoms with Gasteiger partial charge in [0.2, 0.25) is 10.0 Å². The summed E-state index contributed by atoms with van der Waals surface area (Å²) in [6.45, 7) is 2.43. The number of H-pyrrole nitrogens is 1. The molecule has 11 nitrogen and oxygen atoms in total. The number of rotatable bonds is 5. The highest BCUT2D eigenvalue weighted by molar-refractivity contribution is 7.89. The van der Waals surface area contributed by atoms with Gasteiger partial charge in [0, 0.05) is 59.4 Å². The zero-order valence-electron chi connectivity index (χ0n) is 19.3. The molecule has 36 heavy (non-hydrogen) atoms. The number of hydrogen-bond donors (Lipinski definition) is 3. The molecule has 2 aliphatic heterocycles. The molecule has 1 aromatic carbocycles. The Kier molecular flexibility index (Phi) is 6.64. The molecule has 0 saturated carbocycles. The summed E-state index contributed by atoms with van der Waals surface area (Å²) in [6.07, 6.45) is 0.696. The number of piperazine rings is 1. The minimum Gasteiger partial charge on any atom is -0.345 e. The summed E-state index contributed by atoms with van der Waals surface area (Å²) in [4.78, 5) is 23.2. The van der Waals surface area contributed by atoms with Crippen LogP contribution in [0.25, 0.3) is 10.9 Å². The maximum Gasteiger partial charge on any atom is 0.283 e. The average molecular weight is 573 g/mol. The van der Waals surface area contributed by atoms with Gasteiger partial charge in [-0.05, 0) is 31.2 Å². The SMILES string of the molecule is CC1Cc2nc(C(=O)N3CCN(S(=O)(=O)c4cc5cc(Cl)ccc5[nH]4)CC3CS(N)(=O)=O)sc2CN1. The molecule has 2 aromatic heterocycles. The molecule has 2 aliphatic rings. The van der Waals surface area contributed by atoms with Crippen molar-refractivity contribution in [3.63, 3.8) is 0 Å². The van der Waals surface area contributed by atoms with E-state index < -0.39 is 37.7 Å². The Balaban J connectivity index is 1.42. The van der Waals surface area contributed by atoms with E-state index in [0.29, 0.717) is 28.9 Å². The van der Waals surface area contributed by atoms with Crippen LogP contribution in [0.15, 0.2) is 29.3 Å². The second-order valence-electron chi connectivity index (χ2n) is 9.09. The Morgan fingerprint density at radius 3 is 2.78 bits per heavy atom. The van der Waals surface area contributed by atoms with Gasteiger partial charge in [-0.25, -0.2) is 27.0 Å². The quantitative estimate of drug-likeness (QED) is 0.413. The first-order valence-corrected chi connectivity index (χ1v) is 15.6. The average Bonchev–Trinajstić information content (AvgIpc) is 3.41. The van der Waals surface area contributed by atoms with Gasteiger partial charge in [-0.2, -0.15) is 4.31 Å². The lowest BCUT2D eigenvalue weighted by Gasteiger charge is -2.39. The minimum atomic E-state index is -4.01. The second kappa shape index (κ2) is 9.35. The number of carbonyl (C=O) groups is 1. The van der Waals surface area contributed by atoms with Crippen LogP contribution in [0, 0.1) is 0 Å². The number of thiazole rings is 1. The molecule has 15 heteroatoms. The van der Waals surface area contributed by atoms with Crippen LogP contribution in [0.2, 0.25) is 5.02 Å². The molecule has 194 valence electrons. The van der Waals surface area contributed by atoms with Crippen LogP contribution in [0.1, 0.15) is 27.3 Å². The van der Waals surface area contributed by atoms with Crippen molar-refractivity contribution in [3.05, 3.63) is 44.9 Å². The molecule has 0 spiro atoms. The molecular formula is C21H25ClN6O5S3. The highest BCUT2D eigenvalue weighted by Crippen LogP contribution is 2.28. The van der Waals surface area contributed by atoms with E-state index in [1.807, 2.05) is 6.92 Å². The lowest BCUT2D eigenvalue weighted by Crippen LogP contribution is -2.59. The Bertz CT molecular complexity index is 1550. The molecule has 4 heterocycles. The third-order valence-corrected chi connectivity index (χ3v) is 10.3. The monoisotopic (exact) mass is 572 g/mol. The predicted octanol–water partition coefficient (Wildman–Crippen LogP) is 1.12. The molecule has 3 aromatic rings. The van der Waals surface area contributed by atoms with Crippen LogP contribution in [0.5, 0.6) is 0 Å². The number of primary sulfonamides is 1. The van der Waals surface area contributed by atoms with Gasteiger partial charge in [0.25, 0.3) is 15.9 Å². The van der Waals surface area contributed by atoms with E-state index in [2.05, 4.69) is 15.3 Å². The molecule has 0 radical (unpaired) electrons. The van der Waals surface area contributed by atoms with E-state index in [-0.39, 0.29) is 35.7 Å². The van der Waals surface area contributed by atoms with Crippen LogP contribution in [-0.2, 0) is 33.0 Å². The van der Waals surface area contributed by atoms with Crippen LogP contribution in [0.3, 0.4) is 0 Å².